The van der Waals surface area contributed by atoms with Crippen molar-refractivity contribution < 1.29 is 9.53 Å². The number of hydrogen-bond donors (Lipinski definition) is 1. The van der Waals surface area contributed by atoms with E-state index in [1.54, 1.807) is 18.2 Å². The third-order valence-corrected chi connectivity index (χ3v) is 2.15. The van der Waals surface area contributed by atoms with Crippen LogP contribution in [-0.4, -0.2) is 12.0 Å². The lowest BCUT2D eigenvalue weighted by molar-refractivity contribution is -0.146. The zero-order chi connectivity index (χ0) is 12.0. The number of terminal acetylenes is 1. The number of benzene rings is 1. The molecule has 0 heterocycles. The second-order valence-electron chi connectivity index (χ2n) is 3.25. The summed E-state index contributed by atoms with van der Waals surface area (Å²) in [7, 11) is 0. The maximum Gasteiger partial charge on any atom is 0.324 e. The van der Waals surface area contributed by atoms with Crippen LogP contribution in [-0.2, 0) is 16.1 Å². The highest BCUT2D eigenvalue weighted by molar-refractivity contribution is 6.30. The molecule has 3 nitrogen and oxygen atoms in total. The van der Waals surface area contributed by atoms with Crippen LogP contribution in [0.4, 0.5) is 0 Å². The van der Waals surface area contributed by atoms with E-state index < -0.39 is 12.0 Å². The zero-order valence-corrected chi connectivity index (χ0v) is 9.41. The molecular weight excluding hydrogens is 226 g/mol. The van der Waals surface area contributed by atoms with Crippen molar-refractivity contribution in [3.05, 3.63) is 34.9 Å². The largest absolute Gasteiger partial charge is 0.460 e. The van der Waals surface area contributed by atoms with Gasteiger partial charge in [-0.25, -0.2) is 0 Å². The van der Waals surface area contributed by atoms with E-state index in [1.165, 1.54) is 0 Å². The van der Waals surface area contributed by atoms with Crippen molar-refractivity contribution >= 4 is 17.6 Å². The molecule has 84 valence electrons. The fraction of sp³-hybridized carbons (Fsp3) is 0.250. The van der Waals surface area contributed by atoms with Crippen molar-refractivity contribution in [3.8, 4) is 12.3 Å². The van der Waals surface area contributed by atoms with Crippen LogP contribution < -0.4 is 5.73 Å². The second-order valence-corrected chi connectivity index (χ2v) is 3.69. The SMILES string of the molecule is C#CCC(N)C(=O)OCc1cccc(Cl)c1. The molecule has 0 radical (unpaired) electrons. The van der Waals surface area contributed by atoms with Gasteiger partial charge in [0, 0.05) is 11.4 Å². The lowest BCUT2D eigenvalue weighted by atomic mass is 10.2. The minimum atomic E-state index is -0.760. The molecule has 1 unspecified atom stereocenters. The molecule has 16 heavy (non-hydrogen) atoms. The summed E-state index contributed by atoms with van der Waals surface area (Å²) in [6.07, 6.45) is 5.21. The minimum absolute atomic E-state index is 0.150. The molecule has 0 saturated carbocycles. The molecule has 0 fully saturated rings. The van der Waals surface area contributed by atoms with Crippen molar-refractivity contribution in [2.45, 2.75) is 19.1 Å². The second kappa shape index (κ2) is 6.16. The van der Waals surface area contributed by atoms with Crippen LogP contribution >= 0.6 is 11.6 Å². The van der Waals surface area contributed by atoms with E-state index in [9.17, 15) is 4.79 Å². The molecule has 0 aliphatic rings. The molecule has 0 aliphatic heterocycles. The van der Waals surface area contributed by atoms with E-state index in [2.05, 4.69) is 5.92 Å². The molecule has 0 spiro atoms. The Hall–Kier alpha value is -1.50. The molecule has 0 amide bonds. The molecule has 0 bridgehead atoms. The fourth-order valence-corrected chi connectivity index (χ4v) is 1.31. The first-order valence-corrected chi connectivity index (χ1v) is 5.11. The predicted molar refractivity (Wildman–Crippen MR) is 62.7 cm³/mol. The minimum Gasteiger partial charge on any atom is -0.460 e. The number of nitrogens with two attached hydrogens (primary N) is 1. The van der Waals surface area contributed by atoms with Gasteiger partial charge >= 0.3 is 5.97 Å². The van der Waals surface area contributed by atoms with Crippen LogP contribution in [0.2, 0.25) is 5.02 Å². The highest BCUT2D eigenvalue weighted by Crippen LogP contribution is 2.11. The summed E-state index contributed by atoms with van der Waals surface area (Å²) in [5, 5.41) is 0.599. The average Bonchev–Trinajstić information content (AvgIpc) is 2.26. The van der Waals surface area contributed by atoms with Crippen LogP contribution in [0.25, 0.3) is 0 Å². The van der Waals surface area contributed by atoms with Gasteiger partial charge in [0.25, 0.3) is 0 Å². The number of rotatable bonds is 4. The van der Waals surface area contributed by atoms with E-state index >= 15 is 0 Å². The van der Waals surface area contributed by atoms with Gasteiger partial charge in [0.2, 0.25) is 0 Å². The maximum absolute atomic E-state index is 11.3. The monoisotopic (exact) mass is 237 g/mol. The normalized spacial score (nSPS) is 11.6. The number of halogens is 1. The molecular formula is C12H12ClNO2. The predicted octanol–water partition coefficient (Wildman–Crippen LogP) is 1.73. The summed E-state index contributed by atoms with van der Waals surface area (Å²) in [4.78, 5) is 11.3. The van der Waals surface area contributed by atoms with Crippen molar-refractivity contribution in [2.75, 3.05) is 0 Å². The molecule has 0 aliphatic carbocycles. The fourth-order valence-electron chi connectivity index (χ4n) is 1.10. The summed E-state index contributed by atoms with van der Waals surface area (Å²) >= 11 is 5.78. The third-order valence-electron chi connectivity index (χ3n) is 1.91. The first-order valence-electron chi connectivity index (χ1n) is 4.73. The summed E-state index contributed by atoms with van der Waals surface area (Å²) < 4.78 is 4.98. The van der Waals surface area contributed by atoms with Gasteiger partial charge in [-0.2, -0.15) is 0 Å². The van der Waals surface area contributed by atoms with Gasteiger partial charge in [-0.3, -0.25) is 4.79 Å². The van der Waals surface area contributed by atoms with Crippen LogP contribution in [0, 0.1) is 12.3 Å². The van der Waals surface area contributed by atoms with Crippen molar-refractivity contribution in [3.63, 3.8) is 0 Å². The van der Waals surface area contributed by atoms with Gasteiger partial charge in [0.05, 0.1) is 0 Å². The first kappa shape index (κ1) is 12.6. The van der Waals surface area contributed by atoms with Gasteiger partial charge < -0.3 is 10.5 Å². The van der Waals surface area contributed by atoms with Gasteiger partial charge in [-0.15, -0.1) is 12.3 Å². The first-order chi connectivity index (χ1) is 7.63. The lowest BCUT2D eigenvalue weighted by Crippen LogP contribution is -2.31. The van der Waals surface area contributed by atoms with Crippen LogP contribution in [0.5, 0.6) is 0 Å². The maximum atomic E-state index is 11.3. The van der Waals surface area contributed by atoms with Crippen LogP contribution in [0.3, 0.4) is 0 Å². The Morgan fingerprint density at radius 1 is 1.62 bits per heavy atom. The Balaban J connectivity index is 2.46. The molecule has 2 N–H and O–H groups in total. The Labute approximate surface area is 99.5 Å². The smallest absolute Gasteiger partial charge is 0.324 e. The highest BCUT2D eigenvalue weighted by atomic mass is 35.5. The number of ether oxygens (including phenoxy) is 1. The number of carbonyl (C=O) groups excluding carboxylic acids is 1. The van der Waals surface area contributed by atoms with Crippen molar-refractivity contribution in [1.29, 1.82) is 0 Å². The van der Waals surface area contributed by atoms with Crippen LogP contribution in [0.1, 0.15) is 12.0 Å². The quantitative estimate of drug-likeness (QED) is 0.641. The van der Waals surface area contributed by atoms with Gasteiger partial charge in [0.1, 0.15) is 12.6 Å². The average molecular weight is 238 g/mol. The topological polar surface area (TPSA) is 52.3 Å². The van der Waals surface area contributed by atoms with Gasteiger partial charge in [-0.1, -0.05) is 23.7 Å². The zero-order valence-electron chi connectivity index (χ0n) is 8.65. The Morgan fingerprint density at radius 2 is 2.38 bits per heavy atom. The van der Waals surface area contributed by atoms with Gasteiger partial charge in [0.15, 0.2) is 0 Å². The van der Waals surface area contributed by atoms with E-state index in [-0.39, 0.29) is 13.0 Å². The molecule has 1 aromatic rings. The van der Waals surface area contributed by atoms with E-state index in [0.717, 1.165) is 5.56 Å². The molecule has 1 rings (SSSR count). The summed E-state index contributed by atoms with van der Waals surface area (Å²) in [6, 6.07) is 6.31. The summed E-state index contributed by atoms with van der Waals surface area (Å²) in [5.41, 5.74) is 6.29. The molecule has 4 heteroatoms. The van der Waals surface area contributed by atoms with Crippen LogP contribution in [0.15, 0.2) is 24.3 Å². The Morgan fingerprint density at radius 3 is 3.00 bits per heavy atom. The van der Waals surface area contributed by atoms with E-state index in [4.69, 9.17) is 28.5 Å². The molecule has 0 aromatic heterocycles. The lowest BCUT2D eigenvalue weighted by Gasteiger charge is -2.08. The molecule has 0 saturated heterocycles. The Bertz CT molecular complexity index is 412. The summed E-state index contributed by atoms with van der Waals surface area (Å²) in [6.45, 7) is 0.150. The Kier molecular flexibility index (Phi) is 4.84. The van der Waals surface area contributed by atoms with E-state index in [1.807, 2.05) is 6.07 Å². The number of esters is 1. The van der Waals surface area contributed by atoms with Crippen molar-refractivity contribution in [2.24, 2.45) is 5.73 Å². The van der Waals surface area contributed by atoms with Crippen molar-refractivity contribution in [1.82, 2.24) is 0 Å². The standard InChI is InChI=1S/C12H12ClNO2/c1-2-4-11(14)12(15)16-8-9-5-3-6-10(13)7-9/h1,3,5-7,11H,4,8,14H2. The number of hydrogen-bond acceptors (Lipinski definition) is 3. The van der Waals surface area contributed by atoms with Gasteiger partial charge in [-0.05, 0) is 17.7 Å². The van der Waals surface area contributed by atoms with E-state index in [0.29, 0.717) is 5.02 Å². The molecule has 1 aromatic carbocycles. The third kappa shape index (κ3) is 3.93. The summed E-state index contributed by atoms with van der Waals surface area (Å²) in [5.74, 6) is 1.81. The molecule has 1 atom stereocenters. The highest BCUT2D eigenvalue weighted by Gasteiger charge is 2.13. The number of carbonyl (C=O) groups is 1.